The van der Waals surface area contributed by atoms with Crippen molar-refractivity contribution in [3.8, 4) is 5.75 Å². The van der Waals surface area contributed by atoms with Gasteiger partial charge in [-0.05, 0) is 38.7 Å². The van der Waals surface area contributed by atoms with Gasteiger partial charge in [0.05, 0.1) is 12.3 Å². The van der Waals surface area contributed by atoms with E-state index in [-0.39, 0.29) is 0 Å². The maximum atomic E-state index is 5.90. The van der Waals surface area contributed by atoms with Gasteiger partial charge in [0.25, 0.3) is 0 Å². The molecule has 0 unspecified atom stereocenters. The average Bonchev–Trinajstić information content (AvgIpc) is 2.25. The van der Waals surface area contributed by atoms with E-state index in [1.165, 1.54) is 0 Å². The lowest BCUT2D eigenvalue weighted by molar-refractivity contribution is 0.282. The third kappa shape index (κ3) is 4.29. The Kier molecular flexibility index (Phi) is 5.43. The molecule has 1 aromatic rings. The summed E-state index contributed by atoms with van der Waals surface area (Å²) < 4.78 is 5.69. The third-order valence-electron chi connectivity index (χ3n) is 2.22. The largest absolute Gasteiger partial charge is 0.491 e. The summed E-state index contributed by atoms with van der Waals surface area (Å²) in [6.07, 6.45) is 1.01. The first-order valence-electron chi connectivity index (χ1n) is 5.38. The fraction of sp³-hybridized carbons (Fsp3) is 0.500. The molecule has 0 saturated carbocycles. The minimum Gasteiger partial charge on any atom is -0.491 e. The predicted molar refractivity (Wildman–Crippen MR) is 69.7 cm³/mol. The minimum atomic E-state index is 0.713. The van der Waals surface area contributed by atoms with Crippen LogP contribution in [0.5, 0.6) is 5.75 Å². The topological polar surface area (TPSA) is 24.5 Å². The molecule has 0 atom stereocenters. The average molecular weight is 243 g/mol. The Hall–Kier alpha value is -0.930. The highest BCUT2D eigenvalue weighted by Gasteiger charge is 2.02. The Morgan fingerprint density at radius 3 is 2.75 bits per heavy atom. The van der Waals surface area contributed by atoms with Crippen LogP contribution in [0, 0.1) is 0 Å². The molecule has 1 aromatic carbocycles. The quantitative estimate of drug-likeness (QED) is 0.777. The second-order valence-electron chi connectivity index (χ2n) is 3.90. The van der Waals surface area contributed by atoms with Gasteiger partial charge in [0, 0.05) is 18.6 Å². The molecule has 1 N–H and O–H groups in total. The van der Waals surface area contributed by atoms with E-state index in [1.54, 1.807) is 0 Å². The van der Waals surface area contributed by atoms with Crippen LogP contribution < -0.4 is 10.1 Å². The number of rotatable bonds is 6. The van der Waals surface area contributed by atoms with Gasteiger partial charge < -0.3 is 15.0 Å². The third-order valence-corrected chi connectivity index (χ3v) is 2.45. The second-order valence-corrected chi connectivity index (χ2v) is 4.33. The fourth-order valence-electron chi connectivity index (χ4n) is 1.39. The Labute approximate surface area is 102 Å². The first-order chi connectivity index (χ1) is 7.63. The number of ether oxygens (including phenoxy) is 1. The van der Waals surface area contributed by atoms with Gasteiger partial charge in [-0.15, -0.1) is 0 Å². The summed E-state index contributed by atoms with van der Waals surface area (Å²) in [7, 11) is 5.97. The summed E-state index contributed by atoms with van der Waals surface area (Å²) in [6, 6.07) is 5.59. The molecule has 0 aliphatic carbocycles. The maximum absolute atomic E-state index is 5.90. The summed E-state index contributed by atoms with van der Waals surface area (Å²) in [5.41, 5.74) is 0.928. The van der Waals surface area contributed by atoms with Crippen molar-refractivity contribution in [2.45, 2.75) is 6.42 Å². The molecular weight excluding hydrogens is 224 g/mol. The molecule has 0 heterocycles. The van der Waals surface area contributed by atoms with Gasteiger partial charge in [-0.1, -0.05) is 11.6 Å². The van der Waals surface area contributed by atoms with E-state index in [0.29, 0.717) is 11.6 Å². The monoisotopic (exact) mass is 242 g/mol. The van der Waals surface area contributed by atoms with E-state index in [2.05, 4.69) is 24.3 Å². The second kappa shape index (κ2) is 6.61. The van der Waals surface area contributed by atoms with Crippen LogP contribution in [0.15, 0.2) is 18.2 Å². The highest BCUT2D eigenvalue weighted by atomic mass is 35.5. The fourth-order valence-corrected chi connectivity index (χ4v) is 1.56. The van der Waals surface area contributed by atoms with Gasteiger partial charge in [-0.3, -0.25) is 0 Å². The van der Waals surface area contributed by atoms with E-state index >= 15 is 0 Å². The van der Waals surface area contributed by atoms with Crippen molar-refractivity contribution in [1.82, 2.24) is 4.90 Å². The zero-order valence-corrected chi connectivity index (χ0v) is 10.8. The van der Waals surface area contributed by atoms with E-state index in [0.717, 1.165) is 24.4 Å². The lowest BCUT2D eigenvalue weighted by atomic mass is 10.3. The van der Waals surface area contributed by atoms with E-state index < -0.39 is 0 Å². The van der Waals surface area contributed by atoms with Gasteiger partial charge in [0.1, 0.15) is 5.75 Å². The highest BCUT2D eigenvalue weighted by Crippen LogP contribution is 2.27. The lowest BCUT2D eigenvalue weighted by Crippen LogP contribution is -2.15. The molecule has 16 heavy (non-hydrogen) atoms. The zero-order valence-electron chi connectivity index (χ0n) is 10.1. The van der Waals surface area contributed by atoms with Crippen molar-refractivity contribution in [1.29, 1.82) is 0 Å². The van der Waals surface area contributed by atoms with Gasteiger partial charge >= 0.3 is 0 Å². The molecule has 3 nitrogen and oxygen atoms in total. The number of benzene rings is 1. The molecule has 1 rings (SSSR count). The van der Waals surface area contributed by atoms with Crippen LogP contribution in [0.25, 0.3) is 0 Å². The van der Waals surface area contributed by atoms with Gasteiger partial charge in [-0.2, -0.15) is 0 Å². The number of nitrogens with one attached hydrogen (secondary N) is 1. The Morgan fingerprint density at radius 1 is 1.38 bits per heavy atom. The smallest absolute Gasteiger partial charge is 0.142 e. The van der Waals surface area contributed by atoms with E-state index in [9.17, 15) is 0 Å². The molecular formula is C12H19ClN2O. The molecule has 90 valence electrons. The van der Waals surface area contributed by atoms with Crippen LogP contribution in [-0.2, 0) is 0 Å². The molecule has 0 aliphatic rings. The summed E-state index contributed by atoms with van der Waals surface area (Å²) in [4.78, 5) is 2.14. The van der Waals surface area contributed by atoms with Crippen molar-refractivity contribution >= 4 is 17.3 Å². The molecule has 0 aliphatic heterocycles. The maximum Gasteiger partial charge on any atom is 0.142 e. The van der Waals surface area contributed by atoms with Crippen molar-refractivity contribution < 1.29 is 4.74 Å². The lowest BCUT2D eigenvalue weighted by Gasteiger charge is -2.13. The molecule has 0 aromatic heterocycles. The van der Waals surface area contributed by atoms with Crippen molar-refractivity contribution in [2.24, 2.45) is 0 Å². The van der Waals surface area contributed by atoms with Crippen molar-refractivity contribution in [3.05, 3.63) is 23.2 Å². The molecule has 0 saturated heterocycles. The van der Waals surface area contributed by atoms with Crippen LogP contribution in [0.1, 0.15) is 6.42 Å². The molecule has 4 heteroatoms. The van der Waals surface area contributed by atoms with Crippen LogP contribution in [0.2, 0.25) is 5.02 Å². The van der Waals surface area contributed by atoms with Crippen molar-refractivity contribution in [3.63, 3.8) is 0 Å². The first kappa shape index (κ1) is 13.1. The summed E-state index contributed by atoms with van der Waals surface area (Å²) in [5.74, 6) is 0.852. The normalized spacial score (nSPS) is 10.6. The minimum absolute atomic E-state index is 0.713. The molecule has 0 bridgehead atoms. The number of hydrogen-bond acceptors (Lipinski definition) is 3. The van der Waals surface area contributed by atoms with Crippen LogP contribution in [0.4, 0.5) is 5.69 Å². The molecule has 0 fully saturated rings. The molecule has 0 spiro atoms. The Balaban J connectivity index is 2.47. The SMILES string of the molecule is CNc1cc(Cl)ccc1OCCCN(C)C. The van der Waals surface area contributed by atoms with Gasteiger partial charge in [0.15, 0.2) is 0 Å². The Morgan fingerprint density at radius 2 is 2.12 bits per heavy atom. The first-order valence-corrected chi connectivity index (χ1v) is 5.76. The van der Waals surface area contributed by atoms with Crippen LogP contribution >= 0.6 is 11.6 Å². The summed E-state index contributed by atoms with van der Waals surface area (Å²) in [6.45, 7) is 1.75. The zero-order chi connectivity index (χ0) is 12.0. The van der Waals surface area contributed by atoms with E-state index in [1.807, 2.05) is 25.2 Å². The highest BCUT2D eigenvalue weighted by molar-refractivity contribution is 6.30. The number of anilines is 1. The van der Waals surface area contributed by atoms with Crippen molar-refractivity contribution in [2.75, 3.05) is 39.6 Å². The van der Waals surface area contributed by atoms with Gasteiger partial charge in [0.2, 0.25) is 0 Å². The number of halogens is 1. The standard InChI is InChI=1S/C12H19ClN2O/c1-14-11-9-10(13)5-6-12(11)16-8-4-7-15(2)3/h5-6,9,14H,4,7-8H2,1-3H3. The predicted octanol–water partition coefficient (Wildman–Crippen LogP) is 2.71. The Bertz CT molecular complexity index is 329. The van der Waals surface area contributed by atoms with Crippen LogP contribution in [0.3, 0.4) is 0 Å². The summed E-state index contributed by atoms with van der Waals surface area (Å²) in [5, 5.41) is 3.78. The summed E-state index contributed by atoms with van der Waals surface area (Å²) >= 11 is 5.90. The van der Waals surface area contributed by atoms with Crippen LogP contribution in [-0.4, -0.2) is 39.2 Å². The number of hydrogen-bond donors (Lipinski definition) is 1. The number of nitrogens with zero attached hydrogens (tertiary/aromatic N) is 1. The van der Waals surface area contributed by atoms with Gasteiger partial charge in [-0.25, -0.2) is 0 Å². The molecule has 0 amide bonds. The molecule has 0 radical (unpaired) electrons. The van der Waals surface area contributed by atoms with E-state index in [4.69, 9.17) is 16.3 Å².